The Labute approximate surface area is 190 Å². The Balaban J connectivity index is 0. The minimum Gasteiger partial charge on any atom is -0.502 e. The molecule has 0 saturated carbocycles. The Hall–Kier alpha value is -1.06. The Morgan fingerprint density at radius 1 is 0.774 bits per heavy atom. The predicted octanol–water partition coefficient (Wildman–Crippen LogP) is 3.57. The first kappa shape index (κ1) is 32.1. The predicted molar refractivity (Wildman–Crippen MR) is 124 cm³/mol. The smallest absolute Gasteiger partial charge is 0.500 e. The van der Waals surface area contributed by atoms with Crippen molar-refractivity contribution in [3.8, 4) is 0 Å². The van der Waals surface area contributed by atoms with Gasteiger partial charge in [0.1, 0.15) is 0 Å². The molecule has 184 valence electrons. The second kappa shape index (κ2) is 20.8. The van der Waals surface area contributed by atoms with Crippen molar-refractivity contribution < 1.29 is 40.8 Å². The molecule has 0 aliphatic carbocycles. The zero-order valence-electron chi connectivity index (χ0n) is 20.4. The molecule has 0 atom stereocenters. The van der Waals surface area contributed by atoms with Gasteiger partial charge in [0, 0.05) is 60.8 Å². The highest BCUT2D eigenvalue weighted by atomic mass is 28.4. The van der Waals surface area contributed by atoms with Gasteiger partial charge in [-0.05, 0) is 26.2 Å². The minimum absolute atomic E-state index is 0.331. The maximum Gasteiger partial charge on any atom is 0.500 e. The first-order valence-electron chi connectivity index (χ1n) is 10.3. The van der Waals surface area contributed by atoms with E-state index in [-0.39, 0.29) is 5.97 Å². The molecular formula is C20H42O9Si2. The normalized spacial score (nSPS) is 12.1. The summed E-state index contributed by atoms with van der Waals surface area (Å²) >= 11 is 0. The van der Waals surface area contributed by atoms with Gasteiger partial charge in [0.15, 0.2) is 0 Å². The summed E-state index contributed by atoms with van der Waals surface area (Å²) in [5.74, 6) is -0.331. The van der Waals surface area contributed by atoms with Crippen molar-refractivity contribution in [2.24, 2.45) is 0 Å². The van der Waals surface area contributed by atoms with Gasteiger partial charge in [-0.2, -0.15) is 0 Å². The van der Waals surface area contributed by atoms with E-state index in [0.29, 0.717) is 25.7 Å². The van der Waals surface area contributed by atoms with Crippen LogP contribution >= 0.6 is 0 Å². The molecule has 0 heterocycles. The van der Waals surface area contributed by atoms with Crippen molar-refractivity contribution in [2.45, 2.75) is 45.2 Å². The van der Waals surface area contributed by atoms with E-state index in [1.165, 1.54) is 6.08 Å². The summed E-state index contributed by atoms with van der Waals surface area (Å²) in [7, 11) is 4.64. The summed E-state index contributed by atoms with van der Waals surface area (Å²) in [5, 5.41) is 0. The van der Waals surface area contributed by atoms with Crippen LogP contribution in [0.4, 0.5) is 0 Å². The highest BCUT2D eigenvalue weighted by Gasteiger charge is 2.37. The number of rotatable bonds is 17. The van der Waals surface area contributed by atoms with Gasteiger partial charge < -0.3 is 36.0 Å². The summed E-state index contributed by atoms with van der Waals surface area (Å²) in [6.07, 6.45) is 9.26. The van der Waals surface area contributed by atoms with Crippen molar-refractivity contribution >= 4 is 23.6 Å². The maximum absolute atomic E-state index is 11.0. The molecule has 0 amide bonds. The SMILES string of the molecule is CC=CC(=O)OCCC[Si](OC)(OC)OC.CCC=COCCC[Si](OC)(OC)OC. The molecule has 0 aliphatic heterocycles. The molecular weight excluding hydrogens is 440 g/mol. The lowest BCUT2D eigenvalue weighted by molar-refractivity contribution is -0.137. The van der Waals surface area contributed by atoms with E-state index >= 15 is 0 Å². The monoisotopic (exact) mass is 482 g/mol. The van der Waals surface area contributed by atoms with Crippen LogP contribution in [0.3, 0.4) is 0 Å². The van der Waals surface area contributed by atoms with Crippen molar-refractivity contribution in [2.75, 3.05) is 55.9 Å². The van der Waals surface area contributed by atoms with Gasteiger partial charge in [0.2, 0.25) is 0 Å². The molecule has 31 heavy (non-hydrogen) atoms. The third-order valence-electron chi connectivity index (χ3n) is 4.21. The van der Waals surface area contributed by atoms with Gasteiger partial charge in [0.05, 0.1) is 19.5 Å². The van der Waals surface area contributed by atoms with Gasteiger partial charge >= 0.3 is 23.6 Å². The molecule has 0 saturated heterocycles. The third kappa shape index (κ3) is 15.4. The molecule has 0 N–H and O–H groups in total. The first-order chi connectivity index (χ1) is 14.9. The lowest BCUT2D eigenvalue weighted by Gasteiger charge is -2.23. The van der Waals surface area contributed by atoms with Crippen molar-refractivity contribution in [3.05, 3.63) is 24.5 Å². The first-order valence-corrected chi connectivity index (χ1v) is 14.1. The van der Waals surface area contributed by atoms with E-state index < -0.39 is 17.6 Å². The van der Waals surface area contributed by atoms with Crippen LogP contribution < -0.4 is 0 Å². The van der Waals surface area contributed by atoms with Crippen LogP contribution in [0.2, 0.25) is 12.1 Å². The van der Waals surface area contributed by atoms with Gasteiger partial charge in [-0.3, -0.25) is 0 Å². The zero-order valence-corrected chi connectivity index (χ0v) is 22.4. The molecule has 0 aromatic rings. The summed E-state index contributed by atoms with van der Waals surface area (Å²) in [5.41, 5.74) is 0. The molecule has 0 radical (unpaired) electrons. The zero-order chi connectivity index (χ0) is 24.0. The molecule has 0 unspecified atom stereocenters. The van der Waals surface area contributed by atoms with E-state index in [1.807, 2.05) is 6.08 Å². The number of carbonyl (C=O) groups is 1. The van der Waals surface area contributed by atoms with Crippen LogP contribution in [-0.4, -0.2) is 79.5 Å². The summed E-state index contributed by atoms with van der Waals surface area (Å²) < 4.78 is 41.8. The Morgan fingerprint density at radius 3 is 1.61 bits per heavy atom. The van der Waals surface area contributed by atoms with Crippen LogP contribution in [0.15, 0.2) is 24.5 Å². The highest BCUT2D eigenvalue weighted by molar-refractivity contribution is 6.60. The Kier molecular flexibility index (Phi) is 21.6. The molecule has 0 fully saturated rings. The molecule has 0 spiro atoms. The Morgan fingerprint density at radius 2 is 1.23 bits per heavy atom. The summed E-state index contributed by atoms with van der Waals surface area (Å²) in [6, 6.07) is 1.40. The van der Waals surface area contributed by atoms with Crippen LogP contribution in [-0.2, 0) is 40.8 Å². The van der Waals surface area contributed by atoms with Crippen LogP contribution in [0.5, 0.6) is 0 Å². The molecule has 0 aliphatic rings. The van der Waals surface area contributed by atoms with Crippen LogP contribution in [0.1, 0.15) is 33.1 Å². The van der Waals surface area contributed by atoms with E-state index in [0.717, 1.165) is 18.9 Å². The third-order valence-corrected chi connectivity index (χ3v) is 9.88. The highest BCUT2D eigenvalue weighted by Crippen LogP contribution is 2.15. The van der Waals surface area contributed by atoms with E-state index in [4.69, 9.17) is 36.0 Å². The fraction of sp³-hybridized carbons (Fsp3) is 0.750. The van der Waals surface area contributed by atoms with Crippen molar-refractivity contribution in [1.29, 1.82) is 0 Å². The van der Waals surface area contributed by atoms with E-state index in [1.54, 1.807) is 61.9 Å². The lowest BCUT2D eigenvalue weighted by Crippen LogP contribution is -2.42. The Bertz CT molecular complexity index is 463. The number of allylic oxidation sites excluding steroid dienone is 2. The minimum atomic E-state index is -2.52. The molecule has 0 aromatic heterocycles. The number of carbonyl (C=O) groups excluding carboxylic acids is 1. The number of esters is 1. The molecule has 0 bridgehead atoms. The maximum atomic E-state index is 11.0. The second-order valence-electron chi connectivity index (χ2n) is 6.12. The van der Waals surface area contributed by atoms with Gasteiger partial charge in [0.25, 0.3) is 0 Å². The van der Waals surface area contributed by atoms with Gasteiger partial charge in [-0.1, -0.05) is 19.1 Å². The summed E-state index contributed by atoms with van der Waals surface area (Å²) in [6.45, 7) is 4.84. The van der Waals surface area contributed by atoms with Crippen molar-refractivity contribution in [1.82, 2.24) is 0 Å². The summed E-state index contributed by atoms with van der Waals surface area (Å²) in [4.78, 5) is 11.0. The van der Waals surface area contributed by atoms with Crippen LogP contribution in [0, 0.1) is 0 Å². The number of hydrogen-bond acceptors (Lipinski definition) is 9. The fourth-order valence-electron chi connectivity index (χ4n) is 2.36. The second-order valence-corrected chi connectivity index (χ2v) is 12.3. The average Bonchev–Trinajstić information content (AvgIpc) is 2.80. The van der Waals surface area contributed by atoms with Crippen LogP contribution in [0.25, 0.3) is 0 Å². The molecule has 0 aromatic carbocycles. The lowest BCUT2D eigenvalue weighted by atomic mass is 10.5. The fourth-order valence-corrected chi connectivity index (χ4v) is 5.74. The van der Waals surface area contributed by atoms with Gasteiger partial charge in [-0.25, -0.2) is 4.79 Å². The van der Waals surface area contributed by atoms with Crippen molar-refractivity contribution in [3.63, 3.8) is 0 Å². The van der Waals surface area contributed by atoms with Gasteiger partial charge in [-0.15, -0.1) is 0 Å². The number of ether oxygens (including phenoxy) is 2. The quantitative estimate of drug-likeness (QED) is 0.101. The standard InChI is InChI=1S/C10H20O5Si.C10H22O4Si/c1-5-7-10(11)15-8-6-9-16(12-2,13-3)14-4;1-5-6-8-14-9-7-10-15(11-2,12-3)13-4/h5,7H,6,8-9H2,1-4H3;6,8H,5,7,9-10H2,1-4H3. The largest absolute Gasteiger partial charge is 0.502 e. The topological polar surface area (TPSA) is 90.9 Å². The molecule has 0 rings (SSSR count). The van der Waals surface area contributed by atoms with E-state index in [9.17, 15) is 4.79 Å². The van der Waals surface area contributed by atoms with E-state index in [2.05, 4.69) is 6.92 Å². The number of hydrogen-bond donors (Lipinski definition) is 0. The molecule has 11 heteroatoms. The molecule has 9 nitrogen and oxygen atoms in total. The average molecular weight is 483 g/mol.